The predicted octanol–water partition coefficient (Wildman–Crippen LogP) is 3.54. The maximum Gasteiger partial charge on any atom is 0.128 e. The van der Waals surface area contributed by atoms with Crippen LogP contribution in [-0.4, -0.2) is 36.1 Å². The molecule has 1 saturated heterocycles. The number of anilines is 1. The van der Waals surface area contributed by atoms with Crippen molar-refractivity contribution in [1.82, 2.24) is 9.88 Å². The van der Waals surface area contributed by atoms with Gasteiger partial charge in [-0.1, -0.05) is 6.07 Å². The summed E-state index contributed by atoms with van der Waals surface area (Å²) in [6, 6.07) is 10.6. The molecule has 0 N–H and O–H groups in total. The van der Waals surface area contributed by atoms with Gasteiger partial charge < -0.3 is 4.90 Å². The van der Waals surface area contributed by atoms with Crippen molar-refractivity contribution in [2.24, 2.45) is 0 Å². The summed E-state index contributed by atoms with van der Waals surface area (Å²) in [7, 11) is 0. The van der Waals surface area contributed by atoms with Crippen LogP contribution in [0.4, 0.5) is 5.82 Å². The smallest absolute Gasteiger partial charge is 0.128 e. The number of hydrogen-bond acceptors (Lipinski definition) is 4. The van der Waals surface area contributed by atoms with E-state index >= 15 is 0 Å². The van der Waals surface area contributed by atoms with Crippen LogP contribution < -0.4 is 4.90 Å². The maximum absolute atomic E-state index is 4.61. The molecule has 1 fully saturated rings. The number of halogens is 1. The molecule has 0 aromatic carbocycles. The minimum atomic E-state index is 1.06. The van der Waals surface area contributed by atoms with Crippen molar-refractivity contribution in [3.8, 4) is 0 Å². The van der Waals surface area contributed by atoms with Crippen molar-refractivity contribution >= 4 is 33.1 Å². The Hall–Kier alpha value is -0.910. The van der Waals surface area contributed by atoms with Crippen molar-refractivity contribution in [2.45, 2.75) is 13.5 Å². The summed E-state index contributed by atoms with van der Waals surface area (Å²) in [6.45, 7) is 7.43. The van der Waals surface area contributed by atoms with Gasteiger partial charge in [0.15, 0.2) is 0 Å². The maximum atomic E-state index is 4.61. The summed E-state index contributed by atoms with van der Waals surface area (Å²) < 4.78 is 1.22. The fourth-order valence-corrected chi connectivity index (χ4v) is 4.02. The van der Waals surface area contributed by atoms with E-state index in [1.54, 1.807) is 0 Å². The van der Waals surface area contributed by atoms with Crippen LogP contribution in [0.3, 0.4) is 0 Å². The number of thiophene rings is 1. The molecule has 0 unspecified atom stereocenters. The predicted molar refractivity (Wildman–Crippen MR) is 88.5 cm³/mol. The second-order valence-corrected chi connectivity index (χ2v) is 7.65. The standard InChI is InChI=1S/C15H18BrN3S/c1-12-3-2-4-15(17-12)19-9-7-18(8-10-19)11-13-5-6-14(16)20-13/h2-6H,7-11H2,1H3. The van der Waals surface area contributed by atoms with Gasteiger partial charge in [0.25, 0.3) is 0 Å². The van der Waals surface area contributed by atoms with Crippen LogP contribution in [0.1, 0.15) is 10.6 Å². The summed E-state index contributed by atoms with van der Waals surface area (Å²) in [5, 5.41) is 0. The SMILES string of the molecule is Cc1cccc(N2CCN(Cc3ccc(Br)s3)CC2)n1. The van der Waals surface area contributed by atoms with Gasteiger partial charge in [-0.15, -0.1) is 11.3 Å². The van der Waals surface area contributed by atoms with Gasteiger partial charge in [-0.3, -0.25) is 4.90 Å². The van der Waals surface area contributed by atoms with Crippen molar-refractivity contribution < 1.29 is 0 Å². The number of hydrogen-bond donors (Lipinski definition) is 0. The highest BCUT2D eigenvalue weighted by molar-refractivity contribution is 9.11. The molecule has 1 aliphatic rings. The lowest BCUT2D eigenvalue weighted by molar-refractivity contribution is 0.251. The van der Waals surface area contributed by atoms with Gasteiger partial charge in [-0.2, -0.15) is 0 Å². The minimum Gasteiger partial charge on any atom is -0.354 e. The molecule has 3 rings (SSSR count). The molecule has 0 atom stereocenters. The van der Waals surface area contributed by atoms with Gasteiger partial charge in [0, 0.05) is 43.3 Å². The first-order valence-electron chi connectivity index (χ1n) is 6.86. The zero-order valence-electron chi connectivity index (χ0n) is 11.6. The molecule has 3 heterocycles. The summed E-state index contributed by atoms with van der Waals surface area (Å²) in [6.07, 6.45) is 0. The number of nitrogens with zero attached hydrogens (tertiary/aromatic N) is 3. The molecule has 3 nitrogen and oxygen atoms in total. The van der Waals surface area contributed by atoms with Gasteiger partial charge in [0.05, 0.1) is 3.79 Å². The van der Waals surface area contributed by atoms with E-state index in [1.807, 2.05) is 11.3 Å². The van der Waals surface area contributed by atoms with Crippen LogP contribution >= 0.6 is 27.3 Å². The second-order valence-electron chi connectivity index (χ2n) is 5.11. The van der Waals surface area contributed by atoms with E-state index in [0.29, 0.717) is 0 Å². The van der Waals surface area contributed by atoms with E-state index in [1.165, 1.54) is 8.66 Å². The fraction of sp³-hybridized carbons (Fsp3) is 0.400. The number of rotatable bonds is 3. The molecule has 20 heavy (non-hydrogen) atoms. The highest BCUT2D eigenvalue weighted by Gasteiger charge is 2.18. The van der Waals surface area contributed by atoms with Crippen LogP contribution in [0.15, 0.2) is 34.1 Å². The number of aryl methyl sites for hydroxylation is 1. The molecular weight excluding hydrogens is 334 g/mol. The van der Waals surface area contributed by atoms with Crippen LogP contribution in [0.2, 0.25) is 0 Å². The first-order valence-corrected chi connectivity index (χ1v) is 8.47. The van der Waals surface area contributed by atoms with Gasteiger partial charge in [0.1, 0.15) is 5.82 Å². The third kappa shape index (κ3) is 3.40. The van der Waals surface area contributed by atoms with Crippen LogP contribution in [0.5, 0.6) is 0 Å². The largest absolute Gasteiger partial charge is 0.354 e. The number of piperazine rings is 1. The Morgan fingerprint density at radius 3 is 2.60 bits per heavy atom. The van der Waals surface area contributed by atoms with E-state index in [4.69, 9.17) is 0 Å². The van der Waals surface area contributed by atoms with Crippen molar-refractivity contribution in [1.29, 1.82) is 0 Å². The zero-order chi connectivity index (χ0) is 13.9. The molecule has 2 aromatic rings. The lowest BCUT2D eigenvalue weighted by Crippen LogP contribution is -2.46. The Kier molecular flexibility index (Phi) is 4.38. The third-order valence-electron chi connectivity index (χ3n) is 3.58. The lowest BCUT2D eigenvalue weighted by Gasteiger charge is -2.35. The molecule has 0 amide bonds. The Bertz CT molecular complexity index is 576. The first-order chi connectivity index (χ1) is 9.70. The van der Waals surface area contributed by atoms with Crippen LogP contribution in [0.25, 0.3) is 0 Å². The quantitative estimate of drug-likeness (QED) is 0.842. The van der Waals surface area contributed by atoms with E-state index in [-0.39, 0.29) is 0 Å². The monoisotopic (exact) mass is 351 g/mol. The van der Waals surface area contributed by atoms with Crippen molar-refractivity contribution in [3.05, 3.63) is 44.7 Å². The number of pyridine rings is 1. The first kappa shape index (κ1) is 14.0. The number of aromatic nitrogens is 1. The third-order valence-corrected chi connectivity index (χ3v) is 5.19. The van der Waals surface area contributed by atoms with E-state index in [0.717, 1.165) is 44.2 Å². The highest BCUT2D eigenvalue weighted by atomic mass is 79.9. The van der Waals surface area contributed by atoms with Crippen molar-refractivity contribution in [3.63, 3.8) is 0 Å². The Morgan fingerprint density at radius 1 is 1.15 bits per heavy atom. The Balaban J connectivity index is 1.57. The summed E-state index contributed by atoms with van der Waals surface area (Å²) in [5.74, 6) is 1.11. The second kappa shape index (κ2) is 6.24. The Morgan fingerprint density at radius 2 is 1.95 bits per heavy atom. The van der Waals surface area contributed by atoms with Gasteiger partial charge >= 0.3 is 0 Å². The van der Waals surface area contributed by atoms with Crippen LogP contribution in [0, 0.1) is 6.92 Å². The summed E-state index contributed by atoms with van der Waals surface area (Å²) in [5.41, 5.74) is 1.09. The molecule has 0 saturated carbocycles. The molecule has 0 spiro atoms. The molecule has 106 valence electrons. The molecular formula is C15H18BrN3S. The lowest BCUT2D eigenvalue weighted by atomic mass is 10.3. The molecule has 1 aliphatic heterocycles. The minimum absolute atomic E-state index is 1.06. The average molecular weight is 352 g/mol. The van der Waals surface area contributed by atoms with Gasteiger partial charge in [-0.25, -0.2) is 4.98 Å². The van der Waals surface area contributed by atoms with Crippen molar-refractivity contribution in [2.75, 3.05) is 31.1 Å². The van der Waals surface area contributed by atoms with Gasteiger partial charge in [0.2, 0.25) is 0 Å². The molecule has 0 aliphatic carbocycles. The average Bonchev–Trinajstić information content (AvgIpc) is 2.85. The molecule has 5 heteroatoms. The fourth-order valence-electron chi connectivity index (χ4n) is 2.50. The summed E-state index contributed by atoms with van der Waals surface area (Å²) in [4.78, 5) is 10.9. The van der Waals surface area contributed by atoms with Gasteiger partial charge in [-0.05, 0) is 47.1 Å². The van der Waals surface area contributed by atoms with Crippen LogP contribution in [-0.2, 0) is 6.54 Å². The Labute approximate surface area is 132 Å². The molecule has 2 aromatic heterocycles. The summed E-state index contributed by atoms with van der Waals surface area (Å²) >= 11 is 5.36. The normalized spacial score (nSPS) is 16.6. The molecule has 0 radical (unpaired) electrons. The topological polar surface area (TPSA) is 19.4 Å². The van der Waals surface area contributed by atoms with E-state index < -0.39 is 0 Å². The molecule has 0 bridgehead atoms. The van der Waals surface area contributed by atoms with E-state index in [2.05, 4.69) is 68.0 Å². The zero-order valence-corrected chi connectivity index (χ0v) is 14.0. The highest BCUT2D eigenvalue weighted by Crippen LogP contribution is 2.24. The van der Waals surface area contributed by atoms with E-state index in [9.17, 15) is 0 Å².